The van der Waals surface area contributed by atoms with E-state index in [4.69, 9.17) is 4.52 Å². The van der Waals surface area contributed by atoms with Crippen LogP contribution in [0, 0.1) is 0 Å². The zero-order valence-electron chi connectivity index (χ0n) is 16.6. The number of hydrogen-bond donors (Lipinski definition) is 1. The van der Waals surface area contributed by atoms with Gasteiger partial charge in [-0.1, -0.05) is 41.6 Å². The Morgan fingerprint density at radius 3 is 2.53 bits per heavy atom. The normalized spacial score (nSPS) is 10.7. The predicted molar refractivity (Wildman–Crippen MR) is 120 cm³/mol. The first-order chi connectivity index (χ1) is 14.7. The monoisotopic (exact) mass is 418 g/mol. The van der Waals surface area contributed by atoms with Crippen LogP contribution in [0.3, 0.4) is 0 Å². The summed E-state index contributed by atoms with van der Waals surface area (Å²) in [6.45, 7) is 1.48. The summed E-state index contributed by atoms with van der Waals surface area (Å²) < 4.78 is 5.35. The highest BCUT2D eigenvalue weighted by Gasteiger charge is 2.15. The van der Waals surface area contributed by atoms with Crippen molar-refractivity contribution in [2.45, 2.75) is 6.42 Å². The van der Waals surface area contributed by atoms with Crippen molar-refractivity contribution in [2.24, 2.45) is 0 Å². The molecule has 1 amide bonds. The van der Waals surface area contributed by atoms with Crippen LogP contribution in [0.25, 0.3) is 22.2 Å². The number of thiophene rings is 1. The Balaban J connectivity index is 1.30. The minimum atomic E-state index is -0.0830. The first-order valence-electron chi connectivity index (χ1n) is 9.74. The first-order valence-corrected chi connectivity index (χ1v) is 10.6. The lowest BCUT2D eigenvalue weighted by Crippen LogP contribution is -2.27. The van der Waals surface area contributed by atoms with Gasteiger partial charge in [0.15, 0.2) is 0 Å². The summed E-state index contributed by atoms with van der Waals surface area (Å²) in [5.41, 5.74) is 2.04. The molecule has 2 aromatic heterocycles. The van der Waals surface area contributed by atoms with E-state index in [1.165, 1.54) is 17.0 Å². The number of amides is 1. The van der Waals surface area contributed by atoms with Crippen LogP contribution in [-0.4, -0.2) is 36.2 Å². The fourth-order valence-electron chi connectivity index (χ4n) is 3.02. The second-order valence-electron chi connectivity index (χ2n) is 6.82. The number of carbonyl (C=O) groups excluding carboxylic acids is 1. The molecule has 0 saturated carbocycles. The number of para-hydroxylation sites is 1. The predicted octanol–water partition coefficient (Wildman–Crippen LogP) is 4.72. The quantitative estimate of drug-likeness (QED) is 0.419. The van der Waals surface area contributed by atoms with Gasteiger partial charge in [-0.05, 0) is 42.8 Å². The summed E-state index contributed by atoms with van der Waals surface area (Å²) in [5.74, 6) is 0.871. The molecule has 4 rings (SSSR count). The number of hydrogen-bond acceptors (Lipinski definition) is 6. The van der Waals surface area contributed by atoms with E-state index >= 15 is 0 Å². The van der Waals surface area contributed by atoms with Gasteiger partial charge in [0.05, 0.1) is 9.75 Å². The third-order valence-electron chi connectivity index (χ3n) is 4.65. The fraction of sp³-hybridized carbons (Fsp3) is 0.174. The van der Waals surface area contributed by atoms with Crippen LogP contribution in [0.5, 0.6) is 0 Å². The van der Waals surface area contributed by atoms with E-state index in [9.17, 15) is 4.79 Å². The maximum absolute atomic E-state index is 12.5. The second-order valence-corrected chi connectivity index (χ2v) is 7.90. The van der Waals surface area contributed by atoms with E-state index in [1.807, 2.05) is 54.6 Å². The molecule has 0 radical (unpaired) electrons. The second kappa shape index (κ2) is 9.37. The molecule has 0 atom stereocenters. The smallest absolute Gasteiger partial charge is 0.261 e. The van der Waals surface area contributed by atoms with Crippen LogP contribution >= 0.6 is 11.3 Å². The maximum atomic E-state index is 12.5. The lowest BCUT2D eigenvalue weighted by atomic mass is 10.2. The van der Waals surface area contributed by atoms with Crippen molar-refractivity contribution in [3.05, 3.63) is 77.7 Å². The number of carbonyl (C=O) groups is 1. The van der Waals surface area contributed by atoms with Gasteiger partial charge in [0.25, 0.3) is 11.8 Å². The number of benzene rings is 2. The molecular formula is C23H22N4O2S. The Kier molecular flexibility index (Phi) is 6.20. The van der Waals surface area contributed by atoms with Gasteiger partial charge in [-0.15, -0.1) is 11.3 Å². The number of aromatic nitrogens is 2. The van der Waals surface area contributed by atoms with Crippen LogP contribution in [0.1, 0.15) is 16.1 Å². The van der Waals surface area contributed by atoms with Crippen molar-refractivity contribution >= 4 is 22.9 Å². The van der Waals surface area contributed by atoms with Crippen molar-refractivity contribution in [3.63, 3.8) is 0 Å². The minimum Gasteiger partial charge on any atom is -0.375 e. The van der Waals surface area contributed by atoms with Gasteiger partial charge in [0.1, 0.15) is 0 Å². The van der Waals surface area contributed by atoms with Gasteiger partial charge in [0.2, 0.25) is 5.82 Å². The molecule has 2 heterocycles. The summed E-state index contributed by atoms with van der Waals surface area (Å²) in [6.07, 6.45) is 0.862. The molecular weight excluding hydrogens is 396 g/mol. The highest BCUT2D eigenvalue weighted by molar-refractivity contribution is 7.17. The summed E-state index contributed by atoms with van der Waals surface area (Å²) in [7, 11) is 2.05. The summed E-state index contributed by atoms with van der Waals surface area (Å²) in [5, 5.41) is 7.03. The van der Waals surface area contributed by atoms with Crippen molar-refractivity contribution in [1.29, 1.82) is 0 Å². The highest BCUT2D eigenvalue weighted by Crippen LogP contribution is 2.28. The molecule has 0 fully saturated rings. The molecule has 0 spiro atoms. The van der Waals surface area contributed by atoms with Gasteiger partial charge in [-0.2, -0.15) is 4.98 Å². The molecule has 6 nitrogen and oxygen atoms in total. The van der Waals surface area contributed by atoms with Crippen LogP contribution in [0.15, 0.2) is 77.3 Å². The van der Waals surface area contributed by atoms with Crippen molar-refractivity contribution in [1.82, 2.24) is 15.5 Å². The molecule has 1 N–H and O–H groups in total. The molecule has 2 aromatic carbocycles. The number of nitrogens with zero attached hydrogens (tertiary/aromatic N) is 3. The van der Waals surface area contributed by atoms with E-state index in [0.717, 1.165) is 23.4 Å². The molecule has 7 heteroatoms. The molecule has 0 aliphatic rings. The zero-order valence-corrected chi connectivity index (χ0v) is 17.4. The molecule has 0 bridgehead atoms. The zero-order chi connectivity index (χ0) is 20.8. The molecule has 0 saturated heterocycles. The van der Waals surface area contributed by atoms with E-state index in [2.05, 4.69) is 39.5 Å². The number of anilines is 1. The SMILES string of the molecule is CN(CCCNC(=O)c1ccc(-c2noc(-c3ccccc3)n2)s1)c1ccccc1. The van der Waals surface area contributed by atoms with Gasteiger partial charge in [-0.25, -0.2) is 0 Å². The average molecular weight is 419 g/mol. The third-order valence-corrected chi connectivity index (χ3v) is 5.73. The van der Waals surface area contributed by atoms with E-state index in [-0.39, 0.29) is 5.91 Å². The Labute approximate surface area is 179 Å². The highest BCUT2D eigenvalue weighted by atomic mass is 32.1. The maximum Gasteiger partial charge on any atom is 0.261 e. The fourth-order valence-corrected chi connectivity index (χ4v) is 3.87. The molecule has 4 aromatic rings. The lowest BCUT2D eigenvalue weighted by Gasteiger charge is -2.19. The van der Waals surface area contributed by atoms with E-state index < -0.39 is 0 Å². The minimum absolute atomic E-state index is 0.0830. The average Bonchev–Trinajstić information content (AvgIpc) is 3.47. The largest absolute Gasteiger partial charge is 0.375 e. The first kappa shape index (κ1) is 19.8. The molecule has 30 heavy (non-hydrogen) atoms. The number of nitrogens with one attached hydrogen (secondary N) is 1. The van der Waals surface area contributed by atoms with E-state index in [1.54, 1.807) is 6.07 Å². The topological polar surface area (TPSA) is 71.3 Å². The standard InChI is InChI=1S/C23H22N4O2S/c1-27(18-11-6-3-7-12-18)16-8-15-24-22(28)20-14-13-19(30-20)21-25-23(29-26-21)17-9-4-2-5-10-17/h2-7,9-14H,8,15-16H2,1H3,(H,24,28). The summed E-state index contributed by atoms with van der Waals surface area (Å²) >= 11 is 1.36. The number of rotatable bonds is 8. The van der Waals surface area contributed by atoms with Gasteiger partial charge in [0, 0.05) is 31.4 Å². The molecule has 0 aliphatic carbocycles. The molecule has 152 valence electrons. The Morgan fingerprint density at radius 2 is 1.77 bits per heavy atom. The lowest BCUT2D eigenvalue weighted by molar-refractivity contribution is 0.0957. The Hall–Kier alpha value is -3.45. The van der Waals surface area contributed by atoms with Crippen LogP contribution in [0.4, 0.5) is 5.69 Å². The summed E-state index contributed by atoms with van der Waals surface area (Å²) in [4.78, 5) is 20.5. The van der Waals surface area contributed by atoms with Gasteiger partial charge in [-0.3, -0.25) is 4.79 Å². The van der Waals surface area contributed by atoms with Crippen LogP contribution in [-0.2, 0) is 0 Å². The van der Waals surface area contributed by atoms with Crippen molar-refractivity contribution in [3.8, 4) is 22.2 Å². The van der Waals surface area contributed by atoms with Crippen molar-refractivity contribution in [2.75, 3.05) is 25.0 Å². The molecule has 0 unspecified atom stereocenters. The van der Waals surface area contributed by atoms with Crippen LogP contribution in [0.2, 0.25) is 0 Å². The Bertz CT molecular complexity index is 1090. The summed E-state index contributed by atoms with van der Waals surface area (Å²) in [6, 6.07) is 23.5. The van der Waals surface area contributed by atoms with E-state index in [0.29, 0.717) is 23.1 Å². The van der Waals surface area contributed by atoms with Gasteiger partial charge >= 0.3 is 0 Å². The van der Waals surface area contributed by atoms with Gasteiger partial charge < -0.3 is 14.7 Å². The Morgan fingerprint density at radius 1 is 1.03 bits per heavy atom. The molecule has 0 aliphatic heterocycles. The van der Waals surface area contributed by atoms with Crippen molar-refractivity contribution < 1.29 is 9.32 Å². The third kappa shape index (κ3) is 4.75. The van der Waals surface area contributed by atoms with Crippen LogP contribution < -0.4 is 10.2 Å².